The second-order valence-electron chi connectivity index (χ2n) is 3.32. The molecule has 0 saturated carbocycles. The normalized spacial score (nSPS) is 17.4. The summed E-state index contributed by atoms with van der Waals surface area (Å²) in [7, 11) is -10.2. The second kappa shape index (κ2) is 7.34. The van der Waals surface area contributed by atoms with Gasteiger partial charge in [-0.15, -0.1) is 0 Å². The summed E-state index contributed by atoms with van der Waals surface area (Å²) < 4.78 is 65.5. The van der Waals surface area contributed by atoms with Gasteiger partial charge in [0.25, 0.3) is 0 Å². The molecule has 14 heteroatoms. The van der Waals surface area contributed by atoms with Gasteiger partial charge in [0.2, 0.25) is 0 Å². The molecular weight excluding hydrogens is 328 g/mol. The third-order valence-corrected chi connectivity index (χ3v) is 2.63. The van der Waals surface area contributed by atoms with Crippen molar-refractivity contribution >= 4 is 26.6 Å². The van der Waals surface area contributed by atoms with Crippen LogP contribution in [0.25, 0.3) is 0 Å². The zero-order chi connectivity index (χ0) is 16.1. The van der Waals surface area contributed by atoms with Crippen LogP contribution in [0.5, 0.6) is 0 Å². The molecule has 0 aliphatic rings. The van der Waals surface area contributed by atoms with Crippen LogP contribution in [0.15, 0.2) is 0 Å². The Bertz CT molecular complexity index is 520. The van der Waals surface area contributed by atoms with E-state index in [0.717, 1.165) is 0 Å². The molecule has 0 bridgehead atoms. The molecule has 0 aromatic carbocycles. The lowest BCUT2D eigenvalue weighted by Crippen LogP contribution is -2.46. The fourth-order valence-corrected chi connectivity index (χ4v) is 1.75. The van der Waals surface area contributed by atoms with E-state index < -0.39 is 58.1 Å². The van der Waals surface area contributed by atoms with Gasteiger partial charge in [0.1, 0.15) is 12.2 Å². The van der Waals surface area contributed by atoms with E-state index in [-0.39, 0.29) is 0 Å². The molecule has 0 amide bonds. The molecule has 0 saturated heterocycles. The van der Waals surface area contributed by atoms with Gasteiger partial charge in [0.05, 0.1) is 13.2 Å². The van der Waals surface area contributed by atoms with Gasteiger partial charge in [0.15, 0.2) is 11.9 Å². The first-order valence-corrected chi connectivity index (χ1v) is 7.38. The van der Waals surface area contributed by atoms with E-state index in [4.69, 9.17) is 19.3 Å². The van der Waals surface area contributed by atoms with Crippen molar-refractivity contribution in [2.75, 3.05) is 13.2 Å². The third kappa shape index (κ3) is 7.78. The minimum absolute atomic E-state index is 1.16. The summed E-state index contributed by atoms with van der Waals surface area (Å²) in [6.45, 7) is -2.47. The highest BCUT2D eigenvalue weighted by Crippen LogP contribution is 2.09. The zero-order valence-corrected chi connectivity index (χ0v) is 11.2. The van der Waals surface area contributed by atoms with E-state index in [1.807, 2.05) is 0 Å². The minimum Gasteiger partial charge on any atom is -0.393 e. The Balaban J connectivity index is 5.06. The molecule has 0 aromatic rings. The van der Waals surface area contributed by atoms with Crippen molar-refractivity contribution in [1.29, 1.82) is 0 Å². The Morgan fingerprint density at radius 1 is 1.05 bits per heavy atom. The summed E-state index contributed by atoms with van der Waals surface area (Å²) >= 11 is 0. The molecule has 0 spiro atoms. The van der Waals surface area contributed by atoms with Crippen LogP contribution in [0.1, 0.15) is 0 Å². The Hall–Kier alpha value is -0.710. The molecule has 0 aliphatic heterocycles. The van der Waals surface area contributed by atoms with Crippen molar-refractivity contribution < 1.29 is 54.4 Å². The van der Waals surface area contributed by atoms with Crippen LogP contribution in [0.2, 0.25) is 0 Å². The van der Waals surface area contributed by atoms with Crippen LogP contribution in [0, 0.1) is 0 Å². The summed E-state index contributed by atoms with van der Waals surface area (Å²) in [6, 6.07) is 0. The fraction of sp³-hybridized carbons (Fsp3) is 0.833. The monoisotopic (exact) mass is 340 g/mol. The quantitative estimate of drug-likeness (QED) is 0.257. The van der Waals surface area contributed by atoms with Crippen molar-refractivity contribution in [2.45, 2.75) is 18.3 Å². The molecule has 12 nitrogen and oxygen atoms in total. The molecule has 0 aliphatic carbocycles. The van der Waals surface area contributed by atoms with Gasteiger partial charge in [-0.05, 0) is 0 Å². The van der Waals surface area contributed by atoms with Crippen LogP contribution in [-0.2, 0) is 34.0 Å². The molecule has 5 N–H and O–H groups in total. The molecule has 0 fully saturated rings. The molecule has 20 heavy (non-hydrogen) atoms. The van der Waals surface area contributed by atoms with E-state index in [2.05, 4.69) is 8.37 Å². The Morgan fingerprint density at radius 3 is 1.90 bits per heavy atom. The predicted octanol–water partition coefficient (Wildman–Crippen LogP) is -3.72. The molecule has 120 valence electrons. The second-order valence-corrected chi connectivity index (χ2v) is 5.46. The maximum absolute atomic E-state index is 11.4. The van der Waals surface area contributed by atoms with E-state index in [9.17, 15) is 26.7 Å². The van der Waals surface area contributed by atoms with Gasteiger partial charge in [-0.25, -0.2) is 8.37 Å². The highest BCUT2D eigenvalue weighted by Gasteiger charge is 2.36. The van der Waals surface area contributed by atoms with Crippen LogP contribution in [0.4, 0.5) is 0 Å². The van der Waals surface area contributed by atoms with Crippen molar-refractivity contribution in [3.05, 3.63) is 0 Å². The van der Waals surface area contributed by atoms with Gasteiger partial charge < -0.3 is 15.3 Å². The number of carbonyl (C=O) groups excluding carboxylic acids is 1. The average molecular weight is 340 g/mol. The van der Waals surface area contributed by atoms with Crippen molar-refractivity contribution in [2.24, 2.45) is 0 Å². The number of carbonyl (C=O) groups is 1. The lowest BCUT2D eigenvalue weighted by Gasteiger charge is -2.21. The van der Waals surface area contributed by atoms with Crippen molar-refractivity contribution in [3.8, 4) is 0 Å². The van der Waals surface area contributed by atoms with E-state index in [0.29, 0.717) is 0 Å². The first-order chi connectivity index (χ1) is 8.87. The Morgan fingerprint density at radius 2 is 1.55 bits per heavy atom. The zero-order valence-electron chi connectivity index (χ0n) is 9.56. The summed E-state index contributed by atoms with van der Waals surface area (Å²) in [4.78, 5) is 11.4. The first kappa shape index (κ1) is 19.3. The van der Waals surface area contributed by atoms with E-state index >= 15 is 0 Å². The van der Waals surface area contributed by atoms with Gasteiger partial charge in [-0.2, -0.15) is 16.8 Å². The number of hydrogen-bond donors (Lipinski definition) is 5. The number of hydrogen-bond acceptors (Lipinski definition) is 10. The van der Waals surface area contributed by atoms with Crippen LogP contribution in [-0.4, -0.2) is 78.6 Å². The fourth-order valence-electron chi connectivity index (χ4n) is 0.955. The number of ketones is 1. The summed E-state index contributed by atoms with van der Waals surface area (Å²) in [5, 5.41) is 26.8. The molecule has 0 radical (unpaired) electrons. The van der Waals surface area contributed by atoms with Crippen LogP contribution < -0.4 is 0 Å². The van der Waals surface area contributed by atoms with E-state index in [1.165, 1.54) is 0 Å². The smallest absolute Gasteiger partial charge is 0.393 e. The van der Waals surface area contributed by atoms with Gasteiger partial charge >= 0.3 is 20.8 Å². The van der Waals surface area contributed by atoms with Gasteiger partial charge in [0, 0.05) is 0 Å². The number of Topliss-reactive ketones (excluding diaryl/α,β-unsaturated/α-hetero) is 1. The third-order valence-electron chi connectivity index (χ3n) is 1.74. The van der Waals surface area contributed by atoms with Crippen molar-refractivity contribution in [1.82, 2.24) is 0 Å². The van der Waals surface area contributed by atoms with Crippen molar-refractivity contribution in [3.63, 3.8) is 0 Å². The molecule has 0 heterocycles. The Kier molecular flexibility index (Phi) is 7.08. The average Bonchev–Trinajstić information content (AvgIpc) is 2.29. The molecule has 0 rings (SSSR count). The van der Waals surface area contributed by atoms with Gasteiger partial charge in [-0.3, -0.25) is 13.9 Å². The van der Waals surface area contributed by atoms with Crippen LogP contribution in [0.3, 0.4) is 0 Å². The molecule has 0 unspecified atom stereocenters. The maximum atomic E-state index is 11.4. The SMILES string of the molecule is O=C([C@@H](OS(=O)(=O)O)[C@H](O)COS(=O)(=O)O)[C@@H](O)CO. The minimum atomic E-state index is -5.25. The highest BCUT2D eigenvalue weighted by atomic mass is 32.3. The number of rotatable bonds is 9. The number of aliphatic hydroxyl groups is 3. The molecule has 0 aromatic heterocycles. The maximum Gasteiger partial charge on any atom is 0.398 e. The van der Waals surface area contributed by atoms with E-state index in [1.54, 1.807) is 0 Å². The number of aliphatic hydroxyl groups excluding tert-OH is 3. The topological polar surface area (TPSA) is 205 Å². The standard InChI is InChI=1S/C6H12O12S2/c7-1-3(8)5(10)6(18-20(14,15)16)4(9)2-17-19(11,12)13/h3-4,6-9H,1-2H2,(H,11,12,13)(H,14,15,16)/t3-,4+,6-/m0/s1. The highest BCUT2D eigenvalue weighted by molar-refractivity contribution is 7.81. The first-order valence-electron chi connectivity index (χ1n) is 4.65. The lowest BCUT2D eigenvalue weighted by molar-refractivity contribution is -0.142. The summed E-state index contributed by atoms with van der Waals surface area (Å²) in [5.41, 5.74) is 0. The lowest BCUT2D eigenvalue weighted by atomic mass is 10.1. The largest absolute Gasteiger partial charge is 0.398 e. The summed E-state index contributed by atoms with van der Waals surface area (Å²) in [5.74, 6) is -1.57. The van der Waals surface area contributed by atoms with Crippen LogP contribution >= 0.6 is 0 Å². The molecular formula is C6H12O12S2. The predicted molar refractivity (Wildman–Crippen MR) is 58.0 cm³/mol. The Labute approximate surface area is 113 Å². The molecule has 3 atom stereocenters. The summed E-state index contributed by atoms with van der Waals surface area (Å²) in [6.07, 6.45) is -6.93. The van der Waals surface area contributed by atoms with Gasteiger partial charge in [-0.1, -0.05) is 0 Å².